The summed E-state index contributed by atoms with van der Waals surface area (Å²) in [5, 5.41) is 7.15. The average molecular weight is 551 g/mol. The maximum absolute atomic E-state index is 11.6. The molecule has 1 aromatic heterocycles. The summed E-state index contributed by atoms with van der Waals surface area (Å²) in [4.78, 5) is 22.9. The molecular formula is C30H39ClN6O2. The summed E-state index contributed by atoms with van der Waals surface area (Å²) in [7, 11) is 0. The van der Waals surface area contributed by atoms with E-state index in [9.17, 15) is 4.79 Å². The minimum atomic E-state index is -0.415. The maximum Gasteiger partial charge on any atom is 0.229 e. The van der Waals surface area contributed by atoms with E-state index in [1.807, 2.05) is 57.2 Å². The van der Waals surface area contributed by atoms with Crippen molar-refractivity contribution >= 4 is 46.3 Å². The van der Waals surface area contributed by atoms with Crippen LogP contribution in [0.15, 0.2) is 48.7 Å². The zero-order chi connectivity index (χ0) is 28.2. The second kappa shape index (κ2) is 12.1. The first-order valence-corrected chi connectivity index (χ1v) is 13.9. The number of nitrogens with one attached hydrogen (secondary N) is 2. The molecule has 1 aliphatic rings. The molecule has 0 aliphatic carbocycles. The van der Waals surface area contributed by atoms with Crippen molar-refractivity contribution in [2.24, 2.45) is 17.6 Å². The van der Waals surface area contributed by atoms with Gasteiger partial charge in [-0.05, 0) is 69.7 Å². The molecule has 1 saturated heterocycles. The van der Waals surface area contributed by atoms with Crippen molar-refractivity contribution in [3.05, 3.63) is 59.2 Å². The van der Waals surface area contributed by atoms with Crippen molar-refractivity contribution in [3.63, 3.8) is 0 Å². The van der Waals surface area contributed by atoms with Gasteiger partial charge in [-0.1, -0.05) is 43.6 Å². The van der Waals surface area contributed by atoms with Crippen LogP contribution in [0.3, 0.4) is 0 Å². The lowest BCUT2D eigenvalue weighted by Crippen LogP contribution is -2.38. The Labute approximate surface area is 236 Å². The highest BCUT2D eigenvalue weighted by Crippen LogP contribution is 2.36. The summed E-state index contributed by atoms with van der Waals surface area (Å²) in [6, 6.07) is 14.2. The third kappa shape index (κ3) is 7.76. The van der Waals surface area contributed by atoms with E-state index >= 15 is 0 Å². The van der Waals surface area contributed by atoms with Gasteiger partial charge in [-0.25, -0.2) is 4.98 Å². The highest BCUT2D eigenvalue weighted by atomic mass is 35.5. The van der Waals surface area contributed by atoms with Crippen LogP contribution in [0.1, 0.15) is 53.0 Å². The number of carbonyl (C=O) groups excluding carboxylic acids is 1. The first-order chi connectivity index (χ1) is 18.5. The normalized spacial score (nSPS) is 14.4. The molecule has 1 aliphatic heterocycles. The fourth-order valence-corrected chi connectivity index (χ4v) is 4.81. The molecule has 0 spiro atoms. The van der Waals surface area contributed by atoms with E-state index in [4.69, 9.17) is 22.1 Å². The number of aromatic nitrogens is 2. The fourth-order valence-electron chi connectivity index (χ4n) is 4.67. The molecule has 4 N–H and O–H groups in total. The lowest BCUT2D eigenvalue weighted by Gasteiger charge is -2.33. The Morgan fingerprint density at radius 2 is 1.85 bits per heavy atom. The quantitative estimate of drug-likeness (QED) is 0.272. The highest BCUT2D eigenvalue weighted by molar-refractivity contribution is 6.32. The second-order valence-corrected chi connectivity index (χ2v) is 11.9. The standard InChI is InChI=1S/C30H39ClN6O2/c1-19(2)16-21-8-6-7-9-24(21)34-28-23(31)18-33-29(36-28)35-25-11-10-22(17-26(25)39-30(3,4)5)37-14-12-20(13-15-37)27(32)38/h6-11,17-20H,12-16H2,1-5H3,(H2,32,38)(H2,33,34,35,36). The van der Waals surface area contributed by atoms with E-state index in [1.165, 1.54) is 5.56 Å². The molecule has 4 rings (SSSR count). The van der Waals surface area contributed by atoms with Gasteiger partial charge >= 0.3 is 0 Å². The number of amides is 1. The van der Waals surface area contributed by atoms with E-state index in [0.717, 1.165) is 49.4 Å². The Morgan fingerprint density at radius 1 is 1.13 bits per heavy atom. The van der Waals surface area contributed by atoms with Crippen molar-refractivity contribution < 1.29 is 9.53 Å². The van der Waals surface area contributed by atoms with E-state index in [1.54, 1.807) is 6.20 Å². The van der Waals surface area contributed by atoms with E-state index in [2.05, 4.69) is 45.4 Å². The fraction of sp³-hybridized carbons (Fsp3) is 0.433. The Hall–Kier alpha value is -3.52. The lowest BCUT2D eigenvalue weighted by molar-refractivity contribution is -0.122. The lowest BCUT2D eigenvalue weighted by atomic mass is 9.96. The van der Waals surface area contributed by atoms with E-state index in [0.29, 0.717) is 28.5 Å². The van der Waals surface area contributed by atoms with Gasteiger partial charge in [-0.2, -0.15) is 4.98 Å². The molecule has 8 nitrogen and oxygen atoms in total. The number of nitrogens with two attached hydrogens (primary N) is 1. The Balaban J connectivity index is 1.58. The summed E-state index contributed by atoms with van der Waals surface area (Å²) in [6.45, 7) is 12.0. The van der Waals surface area contributed by atoms with Crippen LogP contribution in [0.5, 0.6) is 5.75 Å². The Kier molecular flexibility index (Phi) is 8.85. The molecule has 1 amide bonds. The van der Waals surface area contributed by atoms with Gasteiger partial charge in [-0.3, -0.25) is 4.79 Å². The monoisotopic (exact) mass is 550 g/mol. The number of rotatable bonds is 9. The van der Waals surface area contributed by atoms with E-state index < -0.39 is 5.60 Å². The van der Waals surface area contributed by atoms with Crippen LogP contribution in [0.25, 0.3) is 0 Å². The van der Waals surface area contributed by atoms with Gasteiger partial charge in [0.2, 0.25) is 11.9 Å². The minimum absolute atomic E-state index is 0.0605. The first kappa shape index (κ1) is 28.5. The summed E-state index contributed by atoms with van der Waals surface area (Å²) in [5.41, 5.74) is 9.05. The molecule has 2 heterocycles. The number of piperidine rings is 1. The summed E-state index contributed by atoms with van der Waals surface area (Å²) < 4.78 is 6.34. The van der Waals surface area contributed by atoms with Crippen molar-refractivity contribution in [2.75, 3.05) is 28.6 Å². The number of halogens is 1. The number of primary amides is 1. The molecule has 39 heavy (non-hydrogen) atoms. The zero-order valence-corrected chi connectivity index (χ0v) is 24.2. The van der Waals surface area contributed by atoms with Gasteiger partial charge in [-0.15, -0.1) is 0 Å². The van der Waals surface area contributed by atoms with Crippen LogP contribution in [-0.2, 0) is 11.2 Å². The molecule has 0 saturated carbocycles. The minimum Gasteiger partial charge on any atom is -0.486 e. The second-order valence-electron chi connectivity index (χ2n) is 11.5. The van der Waals surface area contributed by atoms with Gasteiger partial charge < -0.3 is 26.0 Å². The molecule has 0 bridgehead atoms. The van der Waals surface area contributed by atoms with Crippen molar-refractivity contribution in [3.8, 4) is 5.75 Å². The molecule has 208 valence electrons. The molecule has 0 unspecified atom stereocenters. The number of carbonyl (C=O) groups is 1. The first-order valence-electron chi connectivity index (χ1n) is 13.5. The molecule has 0 atom stereocenters. The number of anilines is 5. The average Bonchev–Trinajstić information content (AvgIpc) is 2.87. The van der Waals surface area contributed by atoms with Gasteiger partial charge in [0, 0.05) is 36.4 Å². The highest BCUT2D eigenvalue weighted by Gasteiger charge is 2.24. The van der Waals surface area contributed by atoms with Crippen molar-refractivity contribution in [2.45, 2.75) is 59.5 Å². The predicted octanol–water partition coefficient (Wildman–Crippen LogP) is 6.69. The zero-order valence-electron chi connectivity index (χ0n) is 23.4. The SMILES string of the molecule is CC(C)Cc1ccccc1Nc1nc(Nc2ccc(N3CCC(C(N)=O)CC3)cc2OC(C)(C)C)ncc1Cl. The molecular weight excluding hydrogens is 512 g/mol. The van der Waals surface area contributed by atoms with Crippen LogP contribution < -0.4 is 26.0 Å². The van der Waals surface area contributed by atoms with Crippen LogP contribution in [0.2, 0.25) is 5.02 Å². The number of ether oxygens (including phenoxy) is 1. The summed E-state index contributed by atoms with van der Waals surface area (Å²) in [5.74, 6) is 1.85. The molecule has 9 heteroatoms. The van der Waals surface area contributed by atoms with Crippen molar-refractivity contribution in [1.82, 2.24) is 9.97 Å². The van der Waals surface area contributed by atoms with Crippen molar-refractivity contribution in [1.29, 1.82) is 0 Å². The number of hydrogen-bond donors (Lipinski definition) is 3. The third-order valence-electron chi connectivity index (χ3n) is 6.53. The van der Waals surface area contributed by atoms with Gasteiger partial charge in [0.25, 0.3) is 0 Å². The number of hydrogen-bond acceptors (Lipinski definition) is 7. The molecule has 0 radical (unpaired) electrons. The number of nitrogens with zero attached hydrogens (tertiary/aromatic N) is 3. The third-order valence-corrected chi connectivity index (χ3v) is 6.81. The summed E-state index contributed by atoms with van der Waals surface area (Å²) in [6.07, 6.45) is 4.03. The van der Waals surface area contributed by atoms with Crippen LogP contribution >= 0.6 is 11.6 Å². The topological polar surface area (TPSA) is 105 Å². The molecule has 2 aromatic carbocycles. The largest absolute Gasteiger partial charge is 0.486 e. The summed E-state index contributed by atoms with van der Waals surface area (Å²) >= 11 is 6.49. The van der Waals surface area contributed by atoms with Gasteiger partial charge in [0.1, 0.15) is 16.4 Å². The van der Waals surface area contributed by atoms with Crippen LogP contribution in [-0.4, -0.2) is 34.6 Å². The number of para-hydroxylation sites is 1. The van der Waals surface area contributed by atoms with Crippen LogP contribution in [0, 0.1) is 11.8 Å². The smallest absolute Gasteiger partial charge is 0.229 e. The maximum atomic E-state index is 11.6. The van der Waals surface area contributed by atoms with Crippen LogP contribution in [0.4, 0.5) is 28.8 Å². The van der Waals surface area contributed by atoms with Gasteiger partial charge in [0.15, 0.2) is 5.82 Å². The predicted molar refractivity (Wildman–Crippen MR) is 160 cm³/mol. The van der Waals surface area contributed by atoms with E-state index in [-0.39, 0.29) is 11.8 Å². The molecule has 3 aromatic rings. The van der Waals surface area contributed by atoms with Gasteiger partial charge in [0.05, 0.1) is 11.9 Å². The Morgan fingerprint density at radius 3 is 2.51 bits per heavy atom. The molecule has 1 fully saturated rings. The number of benzene rings is 2. The Bertz CT molecular complexity index is 1300.